The minimum absolute atomic E-state index is 0.192. The van der Waals surface area contributed by atoms with Crippen LogP contribution in [0.5, 0.6) is 11.5 Å². The molecule has 0 aliphatic heterocycles. The molecule has 0 spiro atoms. The molecule has 0 aliphatic rings. The van der Waals surface area contributed by atoms with Crippen molar-refractivity contribution in [3.63, 3.8) is 0 Å². The van der Waals surface area contributed by atoms with Gasteiger partial charge in [-0.3, -0.25) is 9.59 Å². The molecule has 0 saturated heterocycles. The number of hydrogen-bond donors (Lipinski definition) is 1. The molecule has 0 saturated carbocycles. The first-order valence-corrected chi connectivity index (χ1v) is 12.5. The van der Waals surface area contributed by atoms with Crippen molar-refractivity contribution in [2.45, 2.75) is 52.2 Å². The van der Waals surface area contributed by atoms with Crippen LogP contribution in [-0.4, -0.2) is 42.0 Å². The summed E-state index contributed by atoms with van der Waals surface area (Å²) in [5.74, 6) is 0.802. The van der Waals surface area contributed by atoms with Crippen molar-refractivity contribution in [3.8, 4) is 11.5 Å². The summed E-state index contributed by atoms with van der Waals surface area (Å²) in [7, 11) is 1.60. The van der Waals surface area contributed by atoms with Crippen LogP contribution in [0.15, 0.2) is 65.1 Å². The van der Waals surface area contributed by atoms with Crippen LogP contribution in [0, 0.1) is 0 Å². The second-order valence-electron chi connectivity index (χ2n) is 9.42. The monoisotopic (exact) mass is 540 g/mol. The summed E-state index contributed by atoms with van der Waals surface area (Å²) in [6.45, 7) is 7.73. The SMILES string of the molecule is CC[C@H](C(=O)NC(C)(C)C)N(Cc1cccc(OC)c1)C(=O)COc1ccc2ccccc2c1Br. The maximum absolute atomic E-state index is 13.5. The fourth-order valence-electron chi connectivity index (χ4n) is 3.89. The summed E-state index contributed by atoms with van der Waals surface area (Å²) in [6.07, 6.45) is 0.470. The Morgan fingerprint density at radius 3 is 2.49 bits per heavy atom. The zero-order valence-electron chi connectivity index (χ0n) is 20.9. The summed E-state index contributed by atoms with van der Waals surface area (Å²) in [5.41, 5.74) is 0.452. The maximum Gasteiger partial charge on any atom is 0.261 e. The van der Waals surface area contributed by atoms with E-state index in [4.69, 9.17) is 9.47 Å². The predicted molar refractivity (Wildman–Crippen MR) is 143 cm³/mol. The first-order valence-electron chi connectivity index (χ1n) is 11.7. The highest BCUT2D eigenvalue weighted by Crippen LogP contribution is 2.33. The summed E-state index contributed by atoms with van der Waals surface area (Å²) in [6, 6.07) is 18.6. The highest BCUT2D eigenvalue weighted by molar-refractivity contribution is 9.10. The zero-order valence-corrected chi connectivity index (χ0v) is 22.5. The van der Waals surface area contributed by atoms with Gasteiger partial charge in [0.1, 0.15) is 17.5 Å². The van der Waals surface area contributed by atoms with E-state index in [2.05, 4.69) is 21.2 Å². The van der Waals surface area contributed by atoms with Crippen molar-refractivity contribution in [1.82, 2.24) is 10.2 Å². The molecule has 1 atom stereocenters. The molecule has 2 amide bonds. The van der Waals surface area contributed by atoms with Crippen LogP contribution in [0.2, 0.25) is 0 Å². The van der Waals surface area contributed by atoms with Crippen LogP contribution < -0.4 is 14.8 Å². The van der Waals surface area contributed by atoms with Crippen molar-refractivity contribution >= 4 is 38.5 Å². The second kappa shape index (κ2) is 11.6. The van der Waals surface area contributed by atoms with Gasteiger partial charge in [-0.1, -0.05) is 49.4 Å². The van der Waals surface area contributed by atoms with E-state index in [-0.39, 0.29) is 25.0 Å². The van der Waals surface area contributed by atoms with E-state index in [1.165, 1.54) is 0 Å². The smallest absolute Gasteiger partial charge is 0.261 e. The largest absolute Gasteiger partial charge is 0.497 e. The van der Waals surface area contributed by atoms with Gasteiger partial charge in [-0.05, 0) is 77.7 Å². The Bertz CT molecular complexity index is 1190. The van der Waals surface area contributed by atoms with Crippen LogP contribution in [0.1, 0.15) is 39.7 Å². The number of amides is 2. The topological polar surface area (TPSA) is 67.9 Å². The van der Waals surface area contributed by atoms with Crippen molar-refractivity contribution < 1.29 is 19.1 Å². The lowest BCUT2D eigenvalue weighted by Gasteiger charge is -2.33. The van der Waals surface area contributed by atoms with Gasteiger partial charge < -0.3 is 19.7 Å². The van der Waals surface area contributed by atoms with Gasteiger partial charge in [0.15, 0.2) is 6.61 Å². The third-order valence-corrected chi connectivity index (χ3v) is 6.37. The molecule has 3 aromatic carbocycles. The van der Waals surface area contributed by atoms with Gasteiger partial charge in [0.25, 0.3) is 5.91 Å². The number of ether oxygens (including phenoxy) is 2. The van der Waals surface area contributed by atoms with E-state index in [1.807, 2.05) is 88.4 Å². The van der Waals surface area contributed by atoms with Gasteiger partial charge in [-0.25, -0.2) is 0 Å². The molecule has 0 fully saturated rings. The molecular weight excluding hydrogens is 508 g/mol. The number of methoxy groups -OCH3 is 1. The van der Waals surface area contributed by atoms with Crippen molar-refractivity contribution in [1.29, 1.82) is 0 Å². The van der Waals surface area contributed by atoms with Gasteiger partial charge in [0.2, 0.25) is 5.91 Å². The van der Waals surface area contributed by atoms with E-state index in [0.29, 0.717) is 17.9 Å². The first-order chi connectivity index (χ1) is 16.6. The van der Waals surface area contributed by atoms with E-state index >= 15 is 0 Å². The Hall–Kier alpha value is -3.06. The lowest BCUT2D eigenvalue weighted by atomic mass is 10.1. The number of rotatable bonds is 9. The molecule has 7 heteroatoms. The quantitative estimate of drug-likeness (QED) is 0.377. The van der Waals surface area contributed by atoms with Crippen LogP contribution in [-0.2, 0) is 16.1 Å². The Morgan fingerprint density at radius 1 is 1.06 bits per heavy atom. The number of fused-ring (bicyclic) bond motifs is 1. The lowest BCUT2D eigenvalue weighted by Crippen LogP contribution is -2.54. The Morgan fingerprint density at radius 2 is 1.80 bits per heavy atom. The highest BCUT2D eigenvalue weighted by Gasteiger charge is 2.31. The third-order valence-electron chi connectivity index (χ3n) is 5.55. The van der Waals surface area contributed by atoms with Gasteiger partial charge in [0, 0.05) is 12.1 Å². The number of halogens is 1. The van der Waals surface area contributed by atoms with E-state index in [9.17, 15) is 9.59 Å². The molecule has 186 valence electrons. The molecule has 1 N–H and O–H groups in total. The molecule has 6 nitrogen and oxygen atoms in total. The average Bonchev–Trinajstić information content (AvgIpc) is 2.82. The highest BCUT2D eigenvalue weighted by atomic mass is 79.9. The maximum atomic E-state index is 13.5. The van der Waals surface area contributed by atoms with E-state index in [0.717, 1.165) is 20.8 Å². The van der Waals surface area contributed by atoms with Gasteiger partial charge in [-0.2, -0.15) is 0 Å². The van der Waals surface area contributed by atoms with Gasteiger partial charge in [0.05, 0.1) is 11.6 Å². The molecule has 0 aliphatic carbocycles. The molecule has 35 heavy (non-hydrogen) atoms. The second-order valence-corrected chi connectivity index (χ2v) is 10.2. The Balaban J connectivity index is 1.86. The summed E-state index contributed by atoms with van der Waals surface area (Å²) in [5, 5.41) is 5.08. The number of carbonyl (C=O) groups excluding carboxylic acids is 2. The van der Waals surface area contributed by atoms with E-state index < -0.39 is 11.6 Å². The molecule has 0 aromatic heterocycles. The van der Waals surface area contributed by atoms with Crippen molar-refractivity contribution in [3.05, 3.63) is 70.7 Å². The normalized spacial score (nSPS) is 12.2. The molecule has 0 radical (unpaired) electrons. The fourth-order valence-corrected chi connectivity index (χ4v) is 4.50. The van der Waals surface area contributed by atoms with E-state index in [1.54, 1.807) is 12.0 Å². The van der Waals surface area contributed by atoms with Crippen LogP contribution in [0.3, 0.4) is 0 Å². The number of benzene rings is 3. The van der Waals surface area contributed by atoms with Gasteiger partial charge >= 0.3 is 0 Å². The molecule has 0 heterocycles. The molecule has 0 unspecified atom stereocenters. The number of hydrogen-bond acceptors (Lipinski definition) is 4. The fraction of sp³-hybridized carbons (Fsp3) is 0.357. The number of nitrogens with zero attached hydrogens (tertiary/aromatic N) is 1. The minimum atomic E-state index is -0.642. The number of nitrogens with one attached hydrogen (secondary N) is 1. The zero-order chi connectivity index (χ0) is 25.6. The minimum Gasteiger partial charge on any atom is -0.497 e. The van der Waals surface area contributed by atoms with Crippen LogP contribution >= 0.6 is 15.9 Å². The van der Waals surface area contributed by atoms with Crippen molar-refractivity contribution in [2.75, 3.05) is 13.7 Å². The lowest BCUT2D eigenvalue weighted by molar-refractivity contribution is -0.143. The summed E-state index contributed by atoms with van der Waals surface area (Å²) >= 11 is 3.61. The van der Waals surface area contributed by atoms with Crippen LogP contribution in [0.25, 0.3) is 10.8 Å². The molecule has 3 rings (SSSR count). The Kier molecular flexibility index (Phi) is 8.78. The predicted octanol–water partition coefficient (Wildman–Crippen LogP) is 5.71. The Labute approximate surface area is 215 Å². The number of carbonyl (C=O) groups is 2. The molecule has 3 aromatic rings. The summed E-state index contributed by atoms with van der Waals surface area (Å²) in [4.78, 5) is 28.2. The molecule has 0 bridgehead atoms. The standard InChI is InChI=1S/C28H33BrN2O4/c1-6-23(27(33)30-28(2,3)4)31(17-19-10-9-12-21(16-19)34-5)25(32)18-35-24-15-14-20-11-7-8-13-22(20)26(24)29/h7-16,23H,6,17-18H2,1-5H3,(H,30,33)/t23-/m1/s1. The first kappa shape index (κ1) is 26.5. The van der Waals surface area contributed by atoms with Crippen molar-refractivity contribution in [2.24, 2.45) is 0 Å². The summed E-state index contributed by atoms with van der Waals surface area (Å²) < 4.78 is 12.1. The third kappa shape index (κ3) is 6.98. The van der Waals surface area contributed by atoms with Crippen LogP contribution in [0.4, 0.5) is 0 Å². The average molecular weight is 541 g/mol. The van der Waals surface area contributed by atoms with Gasteiger partial charge in [-0.15, -0.1) is 0 Å². The molecular formula is C28H33BrN2O4.